The molecule has 2 aromatic rings. The molecule has 2 aliphatic rings. The third-order valence-corrected chi connectivity index (χ3v) is 5.38. The molecule has 4 rings (SSSR count). The maximum Gasteiger partial charge on any atom is 0.244 e. The molecule has 2 bridgehead atoms. The number of carbonyl (C=O) groups is 2. The lowest BCUT2D eigenvalue weighted by atomic mass is 9.96. The maximum atomic E-state index is 12.2. The summed E-state index contributed by atoms with van der Waals surface area (Å²) in [5.41, 5.74) is 1.46. The molecule has 32 heavy (non-hydrogen) atoms. The maximum absolute atomic E-state index is 12.2. The number of aromatic nitrogens is 2. The lowest BCUT2D eigenvalue weighted by molar-refractivity contribution is -0.123. The zero-order chi connectivity index (χ0) is 22.5. The van der Waals surface area contributed by atoms with Crippen molar-refractivity contribution in [1.29, 1.82) is 0 Å². The van der Waals surface area contributed by atoms with E-state index in [1.54, 1.807) is 36.6 Å². The van der Waals surface area contributed by atoms with Crippen LogP contribution >= 0.6 is 11.6 Å². The Kier molecular flexibility index (Phi) is 6.67. The number of ether oxygens (including phenoxy) is 1. The van der Waals surface area contributed by atoms with Gasteiger partial charge in [-0.15, -0.1) is 0 Å². The van der Waals surface area contributed by atoms with E-state index in [9.17, 15) is 9.59 Å². The van der Waals surface area contributed by atoms with Crippen LogP contribution in [0.1, 0.15) is 12.8 Å². The molecule has 1 aliphatic carbocycles. The Morgan fingerprint density at radius 3 is 3.00 bits per heavy atom. The van der Waals surface area contributed by atoms with E-state index >= 15 is 0 Å². The van der Waals surface area contributed by atoms with Crippen LogP contribution in [0.3, 0.4) is 0 Å². The van der Waals surface area contributed by atoms with Gasteiger partial charge in [-0.3, -0.25) is 14.4 Å². The van der Waals surface area contributed by atoms with E-state index in [0.717, 1.165) is 16.5 Å². The van der Waals surface area contributed by atoms with Gasteiger partial charge in [-0.1, -0.05) is 11.6 Å². The molecule has 2 heterocycles. The minimum atomic E-state index is -0.390. The van der Waals surface area contributed by atoms with Crippen molar-refractivity contribution in [2.24, 2.45) is 0 Å². The first-order chi connectivity index (χ1) is 15.5. The largest absolute Gasteiger partial charge is 0.490 e. The molecule has 1 atom stereocenters. The average Bonchev–Trinajstić information content (AvgIpc) is 2.80. The lowest BCUT2D eigenvalue weighted by Crippen LogP contribution is -2.39. The van der Waals surface area contributed by atoms with E-state index in [1.165, 1.54) is 12.4 Å². The van der Waals surface area contributed by atoms with Crippen LogP contribution in [0.5, 0.6) is 5.75 Å². The molecule has 0 saturated heterocycles. The highest BCUT2D eigenvalue weighted by molar-refractivity contribution is 6.29. The van der Waals surface area contributed by atoms with Gasteiger partial charge in [0.05, 0.1) is 25.2 Å². The normalized spacial score (nSPS) is 19.9. The second-order valence-electron chi connectivity index (χ2n) is 7.17. The number of nitrogens with zero attached hydrogens (tertiary/aromatic N) is 3. The monoisotopic (exact) mass is 455 g/mol. The number of amides is 2. The van der Waals surface area contributed by atoms with Crippen LogP contribution in [-0.2, 0) is 14.4 Å². The summed E-state index contributed by atoms with van der Waals surface area (Å²) in [4.78, 5) is 38.7. The lowest BCUT2D eigenvalue weighted by Gasteiger charge is -2.34. The molecule has 0 radical (unpaired) electrons. The van der Waals surface area contributed by atoms with Crippen molar-refractivity contribution >= 4 is 40.1 Å². The van der Waals surface area contributed by atoms with E-state index in [0.29, 0.717) is 29.4 Å². The second-order valence-corrected chi connectivity index (χ2v) is 7.66. The quantitative estimate of drug-likeness (QED) is 0.679. The molecule has 9 nitrogen and oxygen atoms in total. The number of anilines is 1. The summed E-state index contributed by atoms with van der Waals surface area (Å²) >= 11 is 6.29. The van der Waals surface area contributed by atoms with Crippen molar-refractivity contribution in [3.8, 4) is 5.75 Å². The van der Waals surface area contributed by atoms with Gasteiger partial charge in [0.25, 0.3) is 0 Å². The molecule has 10 heteroatoms. The molecule has 1 aromatic carbocycles. The molecule has 166 valence electrons. The SMILES string of the molecule is CON1c2ncnc3ccc(cc23)OCC=CC(=O)NCC(=O)NC=C2C=C(Cl)CCC21. The Morgan fingerprint density at radius 2 is 2.16 bits per heavy atom. The summed E-state index contributed by atoms with van der Waals surface area (Å²) in [6.45, 7) is 0.0109. The summed E-state index contributed by atoms with van der Waals surface area (Å²) in [7, 11) is 1.56. The summed E-state index contributed by atoms with van der Waals surface area (Å²) < 4.78 is 5.75. The fraction of sp³-hybridized carbons (Fsp3) is 0.273. The molecule has 1 aromatic heterocycles. The van der Waals surface area contributed by atoms with Gasteiger partial charge in [-0.2, -0.15) is 0 Å². The van der Waals surface area contributed by atoms with Gasteiger partial charge in [-0.05, 0) is 48.8 Å². The van der Waals surface area contributed by atoms with E-state index < -0.39 is 0 Å². The van der Waals surface area contributed by atoms with Crippen molar-refractivity contribution in [2.75, 3.05) is 25.3 Å². The van der Waals surface area contributed by atoms with Crippen molar-refractivity contribution < 1.29 is 19.2 Å². The van der Waals surface area contributed by atoms with Gasteiger partial charge in [0.15, 0.2) is 5.82 Å². The first-order valence-corrected chi connectivity index (χ1v) is 10.4. The summed E-state index contributed by atoms with van der Waals surface area (Å²) in [5, 5.41) is 8.34. The van der Waals surface area contributed by atoms with Crippen LogP contribution < -0.4 is 20.4 Å². The first kappa shape index (κ1) is 21.8. The Labute approximate surface area is 189 Å². The van der Waals surface area contributed by atoms with Crippen molar-refractivity contribution in [3.05, 3.63) is 59.6 Å². The van der Waals surface area contributed by atoms with Crippen LogP contribution in [-0.4, -0.2) is 48.1 Å². The number of allylic oxidation sites excluding steroid dienone is 1. The Morgan fingerprint density at radius 1 is 1.28 bits per heavy atom. The number of fused-ring (bicyclic) bond motifs is 2. The van der Waals surface area contributed by atoms with Gasteiger partial charge in [-0.25, -0.2) is 15.0 Å². The molecule has 0 saturated carbocycles. The number of hydrogen-bond acceptors (Lipinski definition) is 7. The predicted molar refractivity (Wildman–Crippen MR) is 120 cm³/mol. The van der Waals surface area contributed by atoms with Gasteiger partial charge < -0.3 is 15.4 Å². The van der Waals surface area contributed by atoms with Crippen LogP contribution in [0.2, 0.25) is 0 Å². The fourth-order valence-corrected chi connectivity index (χ4v) is 3.81. The van der Waals surface area contributed by atoms with Crippen LogP contribution in [0.15, 0.2) is 59.6 Å². The Bertz CT molecular complexity index is 1130. The van der Waals surface area contributed by atoms with Crippen LogP contribution in [0.4, 0.5) is 5.82 Å². The molecule has 1 unspecified atom stereocenters. The average molecular weight is 456 g/mol. The highest BCUT2D eigenvalue weighted by atomic mass is 35.5. The number of halogens is 1. The van der Waals surface area contributed by atoms with Crippen molar-refractivity contribution in [2.45, 2.75) is 18.9 Å². The zero-order valence-electron chi connectivity index (χ0n) is 17.4. The number of rotatable bonds is 1. The van der Waals surface area contributed by atoms with Crippen molar-refractivity contribution in [3.63, 3.8) is 0 Å². The van der Waals surface area contributed by atoms with E-state index in [2.05, 4.69) is 20.6 Å². The number of nitrogens with one attached hydrogen (secondary N) is 2. The highest BCUT2D eigenvalue weighted by Crippen LogP contribution is 2.34. The number of hydroxylamine groups is 1. The Balaban J connectivity index is 1.80. The van der Waals surface area contributed by atoms with Gasteiger partial charge in [0.2, 0.25) is 11.8 Å². The molecule has 1 aliphatic heterocycles. The third-order valence-electron chi connectivity index (χ3n) is 5.08. The smallest absolute Gasteiger partial charge is 0.244 e. The summed E-state index contributed by atoms with van der Waals surface area (Å²) in [6, 6.07) is 5.20. The zero-order valence-corrected chi connectivity index (χ0v) is 18.1. The number of benzene rings is 1. The van der Waals surface area contributed by atoms with Crippen LogP contribution in [0.25, 0.3) is 10.9 Å². The fourth-order valence-electron chi connectivity index (χ4n) is 3.57. The van der Waals surface area contributed by atoms with E-state index in [-0.39, 0.29) is 31.0 Å². The minimum Gasteiger partial charge on any atom is -0.490 e. The molecular weight excluding hydrogens is 434 g/mol. The molecular formula is C22H22ClN5O4. The van der Waals surface area contributed by atoms with E-state index in [1.807, 2.05) is 12.1 Å². The van der Waals surface area contributed by atoms with Gasteiger partial charge >= 0.3 is 0 Å². The molecule has 0 fully saturated rings. The predicted octanol–water partition coefficient (Wildman–Crippen LogP) is 2.35. The Hall–Kier alpha value is -3.43. The third kappa shape index (κ3) is 4.90. The van der Waals surface area contributed by atoms with Gasteiger partial charge in [0.1, 0.15) is 18.7 Å². The number of carbonyl (C=O) groups excluding carboxylic acids is 2. The van der Waals surface area contributed by atoms with Crippen LogP contribution in [0, 0.1) is 0 Å². The summed E-state index contributed by atoms with van der Waals surface area (Å²) in [5.74, 6) is 0.402. The second kappa shape index (κ2) is 9.80. The topological polar surface area (TPSA) is 106 Å². The summed E-state index contributed by atoms with van der Waals surface area (Å²) in [6.07, 6.45) is 9.05. The highest BCUT2D eigenvalue weighted by Gasteiger charge is 2.28. The molecule has 0 spiro atoms. The van der Waals surface area contributed by atoms with Crippen molar-refractivity contribution in [1.82, 2.24) is 20.6 Å². The molecule has 2 N–H and O–H groups in total. The van der Waals surface area contributed by atoms with Gasteiger partial charge in [0, 0.05) is 22.7 Å². The first-order valence-electron chi connectivity index (χ1n) is 10.1. The van der Waals surface area contributed by atoms with E-state index in [4.69, 9.17) is 21.2 Å². The number of hydrogen-bond donors (Lipinski definition) is 2. The minimum absolute atomic E-state index is 0.169. The molecule has 2 amide bonds. The standard InChI is InChI=1S/C22H22ClN5O4/c1-31-28-19-7-4-15(23)9-14(19)11-24-21(30)12-25-20(29)3-2-8-32-16-5-6-18-17(10-16)22(28)27-13-26-18/h2-3,5-6,9-11,13,19H,4,7-8,12H2,1H3,(H,24,30)(H,25,29).